The van der Waals surface area contributed by atoms with Crippen molar-refractivity contribution in [2.45, 2.75) is 19.8 Å². The lowest BCUT2D eigenvalue weighted by molar-refractivity contribution is 0.834. The van der Waals surface area contributed by atoms with E-state index in [0.29, 0.717) is 11.6 Å². The molecule has 0 saturated carbocycles. The van der Waals surface area contributed by atoms with Crippen molar-refractivity contribution in [2.24, 2.45) is 0 Å². The molecule has 4 nitrogen and oxygen atoms in total. The molecular weight excluding hydrogens is 232 g/mol. The molecule has 0 aliphatic rings. The number of thiazole rings is 1. The Morgan fingerprint density at radius 1 is 1.47 bits per heavy atom. The molecule has 2 heterocycles. The zero-order valence-corrected chi connectivity index (χ0v) is 10.5. The van der Waals surface area contributed by atoms with Crippen LogP contribution in [0.25, 0.3) is 0 Å². The standard InChI is InChI=1S/C12H12N4S/c1-8(2)11-7-17-12(16-11)15-9-3-4-14-10(5-9)6-13/h3-5,7-8H,1-2H3,(H,14,15,16). The van der Waals surface area contributed by atoms with Crippen molar-refractivity contribution < 1.29 is 0 Å². The predicted octanol–water partition coefficient (Wildman–Crippen LogP) is 3.28. The molecule has 1 N–H and O–H groups in total. The first-order chi connectivity index (χ1) is 8.19. The summed E-state index contributed by atoms with van der Waals surface area (Å²) in [5.41, 5.74) is 2.31. The van der Waals surface area contributed by atoms with Crippen molar-refractivity contribution in [1.29, 1.82) is 5.26 Å². The maximum atomic E-state index is 8.75. The van der Waals surface area contributed by atoms with Gasteiger partial charge in [-0.1, -0.05) is 13.8 Å². The zero-order valence-electron chi connectivity index (χ0n) is 9.64. The molecular formula is C12H12N4S. The highest BCUT2D eigenvalue weighted by atomic mass is 32.1. The van der Waals surface area contributed by atoms with Gasteiger partial charge in [-0.3, -0.25) is 0 Å². The number of rotatable bonds is 3. The second kappa shape index (κ2) is 4.93. The molecule has 2 aromatic heterocycles. The second-order valence-electron chi connectivity index (χ2n) is 3.90. The summed E-state index contributed by atoms with van der Waals surface area (Å²) in [6.45, 7) is 4.22. The van der Waals surface area contributed by atoms with Gasteiger partial charge >= 0.3 is 0 Å². The summed E-state index contributed by atoms with van der Waals surface area (Å²) in [7, 11) is 0. The Labute approximate surface area is 104 Å². The first-order valence-corrected chi connectivity index (χ1v) is 6.15. The smallest absolute Gasteiger partial charge is 0.187 e. The Bertz CT molecular complexity index is 554. The molecule has 86 valence electrons. The number of nitriles is 1. The van der Waals surface area contributed by atoms with Gasteiger partial charge in [-0.2, -0.15) is 5.26 Å². The monoisotopic (exact) mass is 244 g/mol. The van der Waals surface area contributed by atoms with E-state index < -0.39 is 0 Å². The molecule has 0 amide bonds. The van der Waals surface area contributed by atoms with Crippen LogP contribution in [-0.4, -0.2) is 9.97 Å². The van der Waals surface area contributed by atoms with Crippen LogP contribution in [-0.2, 0) is 0 Å². The van der Waals surface area contributed by atoms with Gasteiger partial charge in [0.2, 0.25) is 0 Å². The van der Waals surface area contributed by atoms with Gasteiger partial charge in [0, 0.05) is 17.3 Å². The van der Waals surface area contributed by atoms with Crippen LogP contribution in [0.15, 0.2) is 23.7 Å². The Morgan fingerprint density at radius 3 is 2.94 bits per heavy atom. The quantitative estimate of drug-likeness (QED) is 0.900. The molecule has 2 rings (SSSR count). The van der Waals surface area contributed by atoms with E-state index in [4.69, 9.17) is 5.26 Å². The molecule has 0 spiro atoms. The number of hydrogen-bond acceptors (Lipinski definition) is 5. The number of nitrogens with one attached hydrogen (secondary N) is 1. The van der Waals surface area contributed by atoms with Crippen LogP contribution in [0.1, 0.15) is 31.2 Å². The number of pyridine rings is 1. The van der Waals surface area contributed by atoms with Crippen LogP contribution in [0, 0.1) is 11.3 Å². The minimum Gasteiger partial charge on any atom is -0.331 e. The number of hydrogen-bond donors (Lipinski definition) is 1. The van der Waals surface area contributed by atoms with E-state index in [1.807, 2.05) is 17.5 Å². The molecule has 0 unspecified atom stereocenters. The third-order valence-electron chi connectivity index (χ3n) is 2.24. The Kier molecular flexibility index (Phi) is 3.35. The summed E-state index contributed by atoms with van der Waals surface area (Å²) in [5.74, 6) is 0.425. The highest BCUT2D eigenvalue weighted by Crippen LogP contribution is 2.24. The molecule has 5 heteroatoms. The molecule has 0 bridgehead atoms. The highest BCUT2D eigenvalue weighted by molar-refractivity contribution is 7.13. The van der Waals surface area contributed by atoms with Crippen molar-refractivity contribution in [2.75, 3.05) is 5.32 Å². The van der Waals surface area contributed by atoms with Gasteiger partial charge < -0.3 is 5.32 Å². The van der Waals surface area contributed by atoms with Crippen LogP contribution >= 0.6 is 11.3 Å². The van der Waals surface area contributed by atoms with Gasteiger partial charge in [0.15, 0.2) is 5.13 Å². The van der Waals surface area contributed by atoms with E-state index in [1.165, 1.54) is 0 Å². The van der Waals surface area contributed by atoms with Crippen molar-refractivity contribution in [1.82, 2.24) is 9.97 Å². The van der Waals surface area contributed by atoms with E-state index in [9.17, 15) is 0 Å². The second-order valence-corrected chi connectivity index (χ2v) is 4.76. The SMILES string of the molecule is CC(C)c1csc(Nc2ccnc(C#N)c2)n1. The molecule has 0 atom stereocenters. The maximum Gasteiger partial charge on any atom is 0.187 e. The minimum atomic E-state index is 0.399. The molecule has 0 aromatic carbocycles. The molecule has 0 radical (unpaired) electrons. The van der Waals surface area contributed by atoms with Crippen LogP contribution in [0.4, 0.5) is 10.8 Å². The van der Waals surface area contributed by atoms with Gasteiger partial charge in [-0.05, 0) is 18.1 Å². The normalized spacial score (nSPS) is 10.2. The van der Waals surface area contributed by atoms with E-state index in [1.54, 1.807) is 23.6 Å². The summed E-state index contributed by atoms with van der Waals surface area (Å²) < 4.78 is 0. The van der Waals surface area contributed by atoms with Crippen LogP contribution in [0.2, 0.25) is 0 Å². The lowest BCUT2D eigenvalue weighted by Crippen LogP contribution is -1.93. The lowest BCUT2D eigenvalue weighted by atomic mass is 10.2. The average molecular weight is 244 g/mol. The minimum absolute atomic E-state index is 0.399. The van der Waals surface area contributed by atoms with Gasteiger partial charge in [0.1, 0.15) is 11.8 Å². The van der Waals surface area contributed by atoms with Crippen molar-refractivity contribution in [3.63, 3.8) is 0 Å². The fourth-order valence-corrected chi connectivity index (χ4v) is 2.19. The van der Waals surface area contributed by atoms with E-state index in [-0.39, 0.29) is 0 Å². The molecule has 2 aromatic rings. The summed E-state index contributed by atoms with van der Waals surface area (Å²) in [4.78, 5) is 8.38. The fraction of sp³-hybridized carbons (Fsp3) is 0.250. The van der Waals surface area contributed by atoms with Crippen molar-refractivity contribution in [3.05, 3.63) is 35.1 Å². The maximum absolute atomic E-state index is 8.75. The number of aromatic nitrogens is 2. The number of anilines is 2. The first kappa shape index (κ1) is 11.6. The molecule has 0 fully saturated rings. The third kappa shape index (κ3) is 2.80. The number of nitrogens with zero attached hydrogens (tertiary/aromatic N) is 3. The molecule has 0 aliphatic heterocycles. The molecule has 0 aliphatic carbocycles. The van der Waals surface area contributed by atoms with Crippen molar-refractivity contribution in [3.8, 4) is 6.07 Å². The van der Waals surface area contributed by atoms with Gasteiger partial charge in [-0.25, -0.2) is 9.97 Å². The predicted molar refractivity (Wildman–Crippen MR) is 68.4 cm³/mol. The fourth-order valence-electron chi connectivity index (χ4n) is 1.30. The Hall–Kier alpha value is -1.93. The summed E-state index contributed by atoms with van der Waals surface area (Å²) in [6.07, 6.45) is 1.61. The Morgan fingerprint density at radius 2 is 2.29 bits per heavy atom. The lowest BCUT2D eigenvalue weighted by Gasteiger charge is -2.02. The van der Waals surface area contributed by atoms with Crippen LogP contribution < -0.4 is 5.32 Å². The van der Waals surface area contributed by atoms with Crippen LogP contribution in [0.3, 0.4) is 0 Å². The van der Waals surface area contributed by atoms with E-state index >= 15 is 0 Å². The van der Waals surface area contributed by atoms with Gasteiger partial charge in [0.25, 0.3) is 0 Å². The summed E-state index contributed by atoms with van der Waals surface area (Å²) in [6, 6.07) is 5.53. The summed E-state index contributed by atoms with van der Waals surface area (Å²) >= 11 is 1.56. The largest absolute Gasteiger partial charge is 0.331 e. The Balaban J connectivity index is 2.17. The van der Waals surface area contributed by atoms with Crippen molar-refractivity contribution >= 4 is 22.2 Å². The third-order valence-corrected chi connectivity index (χ3v) is 3.02. The van der Waals surface area contributed by atoms with Gasteiger partial charge in [-0.15, -0.1) is 11.3 Å². The van der Waals surface area contributed by atoms with Gasteiger partial charge in [0.05, 0.1) is 5.69 Å². The summed E-state index contributed by atoms with van der Waals surface area (Å²) in [5, 5.41) is 14.8. The molecule has 0 saturated heterocycles. The van der Waals surface area contributed by atoms with Crippen LogP contribution in [0.5, 0.6) is 0 Å². The van der Waals surface area contributed by atoms with E-state index in [2.05, 4.69) is 29.1 Å². The molecule has 17 heavy (non-hydrogen) atoms. The first-order valence-electron chi connectivity index (χ1n) is 5.27. The zero-order chi connectivity index (χ0) is 12.3. The highest BCUT2D eigenvalue weighted by Gasteiger charge is 2.05. The topological polar surface area (TPSA) is 61.6 Å². The van der Waals surface area contributed by atoms with E-state index in [0.717, 1.165) is 16.5 Å². The average Bonchev–Trinajstić information content (AvgIpc) is 2.78.